The molecule has 1 amide bonds. The van der Waals surface area contributed by atoms with Crippen LogP contribution in [-0.2, 0) is 11.2 Å². The Hall–Kier alpha value is -1.89. The number of thiazole rings is 1. The van der Waals surface area contributed by atoms with Crippen molar-refractivity contribution in [2.24, 2.45) is 0 Å². The maximum atomic E-state index is 12.9. The molecule has 1 heterocycles. The lowest BCUT2D eigenvalue weighted by molar-refractivity contribution is -0.133. The molecule has 1 aromatic carbocycles. The summed E-state index contributed by atoms with van der Waals surface area (Å²) in [6.07, 6.45) is -3.21. The van der Waals surface area contributed by atoms with Crippen LogP contribution in [0.5, 0.6) is 0 Å². The molecular formula is C16H15F3N2OS. The summed E-state index contributed by atoms with van der Waals surface area (Å²) in [5.74, 6) is -1.06. The Morgan fingerprint density at radius 1 is 1.39 bits per heavy atom. The smallest absolute Gasteiger partial charge is 0.278 e. The van der Waals surface area contributed by atoms with Crippen LogP contribution in [0.15, 0.2) is 29.6 Å². The van der Waals surface area contributed by atoms with Crippen LogP contribution in [0.25, 0.3) is 0 Å². The predicted molar refractivity (Wildman–Crippen MR) is 82.8 cm³/mol. The number of aryl methyl sites for hydroxylation is 2. The lowest BCUT2D eigenvalue weighted by atomic mass is 10.00. The molecule has 0 saturated heterocycles. The third-order valence-corrected chi connectivity index (χ3v) is 4.85. The van der Waals surface area contributed by atoms with Gasteiger partial charge in [0, 0.05) is 5.38 Å². The minimum atomic E-state index is -4.46. The van der Waals surface area contributed by atoms with Gasteiger partial charge in [-0.25, -0.2) is 4.98 Å². The highest BCUT2D eigenvalue weighted by atomic mass is 32.1. The molecule has 23 heavy (non-hydrogen) atoms. The number of aromatic nitrogens is 1. The average molecular weight is 340 g/mol. The summed E-state index contributed by atoms with van der Waals surface area (Å²) in [6.45, 7) is 0.387. The van der Waals surface area contributed by atoms with Gasteiger partial charge in [-0.3, -0.25) is 9.69 Å². The second-order valence-corrected chi connectivity index (χ2v) is 6.44. The zero-order chi connectivity index (χ0) is 16.6. The fraction of sp³-hybridized carbons (Fsp3) is 0.375. The van der Waals surface area contributed by atoms with Crippen molar-refractivity contribution < 1.29 is 18.0 Å². The van der Waals surface area contributed by atoms with Crippen molar-refractivity contribution in [1.82, 2.24) is 4.98 Å². The van der Waals surface area contributed by atoms with Crippen molar-refractivity contribution in [3.8, 4) is 0 Å². The predicted octanol–water partition coefficient (Wildman–Crippen LogP) is 4.08. The van der Waals surface area contributed by atoms with Crippen molar-refractivity contribution >= 4 is 22.4 Å². The molecule has 0 bridgehead atoms. The Morgan fingerprint density at radius 3 is 2.78 bits per heavy atom. The Kier molecular flexibility index (Phi) is 4.14. The molecule has 3 rings (SSSR count). The summed E-state index contributed by atoms with van der Waals surface area (Å²) >= 11 is 1.06. The van der Waals surface area contributed by atoms with Crippen LogP contribution in [0.3, 0.4) is 0 Å². The number of fused-ring (bicyclic) bond motifs is 1. The molecule has 3 nitrogen and oxygen atoms in total. The number of carbonyl (C=O) groups excluding carboxylic acids is 1. The molecule has 1 aromatic heterocycles. The molecule has 7 heteroatoms. The highest BCUT2D eigenvalue weighted by molar-refractivity contribution is 7.14. The summed E-state index contributed by atoms with van der Waals surface area (Å²) in [7, 11) is 0. The summed E-state index contributed by atoms with van der Waals surface area (Å²) in [4.78, 5) is 17.6. The number of nitrogens with zero attached hydrogens (tertiary/aromatic N) is 2. The Bertz CT molecular complexity index is 726. The molecule has 122 valence electrons. The maximum Gasteiger partial charge on any atom is 0.406 e. The fourth-order valence-electron chi connectivity index (χ4n) is 2.89. The Labute approximate surface area is 135 Å². The standard InChI is InChI=1S/C16H15F3N2OS/c1-10-8-23-15(20-10)21(9-16(17,18)19)14(22)13-7-6-11-4-2-3-5-12(11)13/h2-5,8,13H,6-7,9H2,1H3/t13-/m0/s1. The van der Waals surface area contributed by atoms with Crippen LogP contribution < -0.4 is 4.90 Å². The van der Waals surface area contributed by atoms with Crippen molar-refractivity contribution in [1.29, 1.82) is 0 Å². The van der Waals surface area contributed by atoms with Gasteiger partial charge in [-0.1, -0.05) is 24.3 Å². The first-order valence-electron chi connectivity index (χ1n) is 7.23. The fourth-order valence-corrected chi connectivity index (χ4v) is 3.69. The van der Waals surface area contributed by atoms with Crippen LogP contribution in [0.2, 0.25) is 0 Å². The number of rotatable bonds is 3. The van der Waals surface area contributed by atoms with Crippen LogP contribution in [0, 0.1) is 6.92 Å². The van der Waals surface area contributed by atoms with Crippen LogP contribution >= 0.6 is 11.3 Å². The topological polar surface area (TPSA) is 33.2 Å². The van der Waals surface area contributed by atoms with E-state index in [4.69, 9.17) is 0 Å². The van der Waals surface area contributed by atoms with Crippen LogP contribution in [0.1, 0.15) is 29.2 Å². The highest BCUT2D eigenvalue weighted by Crippen LogP contribution is 2.36. The number of alkyl halides is 3. The number of benzene rings is 1. The molecule has 0 fully saturated rings. The van der Waals surface area contributed by atoms with E-state index in [1.807, 2.05) is 24.3 Å². The molecule has 0 radical (unpaired) electrons. The molecule has 0 N–H and O–H groups in total. The van der Waals surface area contributed by atoms with Gasteiger partial charge in [0.2, 0.25) is 5.91 Å². The first kappa shape index (κ1) is 16.0. The van der Waals surface area contributed by atoms with E-state index >= 15 is 0 Å². The first-order chi connectivity index (χ1) is 10.8. The molecule has 0 spiro atoms. The van der Waals surface area contributed by atoms with Gasteiger partial charge in [0.15, 0.2) is 5.13 Å². The van der Waals surface area contributed by atoms with E-state index in [0.29, 0.717) is 18.5 Å². The van der Waals surface area contributed by atoms with Gasteiger partial charge in [0.1, 0.15) is 6.54 Å². The number of hydrogen-bond acceptors (Lipinski definition) is 3. The van der Waals surface area contributed by atoms with Gasteiger partial charge in [-0.2, -0.15) is 13.2 Å². The molecule has 0 saturated carbocycles. The summed E-state index contributed by atoms with van der Waals surface area (Å²) in [5.41, 5.74) is 2.47. The SMILES string of the molecule is Cc1csc(N(CC(F)(F)F)C(=O)[C@H]2CCc3ccccc32)n1. The third-order valence-electron chi connectivity index (χ3n) is 3.87. The molecule has 0 aliphatic heterocycles. The van der Waals surface area contributed by atoms with Crippen molar-refractivity contribution in [3.63, 3.8) is 0 Å². The average Bonchev–Trinajstić information content (AvgIpc) is 3.09. The molecule has 0 unspecified atom stereocenters. The first-order valence-corrected chi connectivity index (χ1v) is 8.11. The summed E-state index contributed by atoms with van der Waals surface area (Å²) < 4.78 is 38.8. The quantitative estimate of drug-likeness (QED) is 0.844. The van der Waals surface area contributed by atoms with E-state index in [2.05, 4.69) is 4.98 Å². The van der Waals surface area contributed by atoms with Gasteiger partial charge in [0.25, 0.3) is 0 Å². The molecular weight excluding hydrogens is 325 g/mol. The third kappa shape index (κ3) is 3.39. The highest BCUT2D eigenvalue weighted by Gasteiger charge is 2.39. The van der Waals surface area contributed by atoms with Gasteiger partial charge in [0.05, 0.1) is 11.6 Å². The minimum Gasteiger partial charge on any atom is -0.278 e. The van der Waals surface area contributed by atoms with Crippen LogP contribution in [0.4, 0.5) is 18.3 Å². The van der Waals surface area contributed by atoms with Gasteiger partial charge < -0.3 is 0 Å². The number of hydrogen-bond donors (Lipinski definition) is 0. The number of halogens is 3. The number of amides is 1. The minimum absolute atomic E-state index is 0.106. The monoisotopic (exact) mass is 340 g/mol. The van der Waals surface area contributed by atoms with E-state index in [9.17, 15) is 18.0 Å². The Morgan fingerprint density at radius 2 is 2.13 bits per heavy atom. The van der Waals surface area contributed by atoms with Crippen LogP contribution in [-0.4, -0.2) is 23.6 Å². The van der Waals surface area contributed by atoms with Crippen molar-refractivity contribution in [2.45, 2.75) is 31.9 Å². The maximum absolute atomic E-state index is 12.9. The lowest BCUT2D eigenvalue weighted by Crippen LogP contribution is -2.41. The second-order valence-electron chi connectivity index (χ2n) is 5.60. The van der Waals surface area contributed by atoms with E-state index in [1.165, 1.54) is 0 Å². The number of anilines is 1. The van der Waals surface area contributed by atoms with Gasteiger partial charge >= 0.3 is 6.18 Å². The molecule has 1 aliphatic rings. The molecule has 2 aromatic rings. The summed E-state index contributed by atoms with van der Waals surface area (Å²) in [5, 5.41) is 1.75. The van der Waals surface area contributed by atoms with E-state index in [1.54, 1.807) is 12.3 Å². The molecule has 1 aliphatic carbocycles. The number of carbonyl (C=O) groups is 1. The largest absolute Gasteiger partial charge is 0.406 e. The Balaban J connectivity index is 1.92. The van der Waals surface area contributed by atoms with Crippen molar-refractivity contribution in [2.75, 3.05) is 11.4 Å². The van der Waals surface area contributed by atoms with Gasteiger partial charge in [-0.15, -0.1) is 11.3 Å². The van der Waals surface area contributed by atoms with E-state index in [0.717, 1.165) is 27.4 Å². The zero-order valence-electron chi connectivity index (χ0n) is 12.4. The zero-order valence-corrected chi connectivity index (χ0v) is 13.2. The second kappa shape index (κ2) is 5.96. The van der Waals surface area contributed by atoms with Crippen molar-refractivity contribution in [3.05, 3.63) is 46.5 Å². The van der Waals surface area contributed by atoms with Gasteiger partial charge in [-0.05, 0) is 30.9 Å². The summed E-state index contributed by atoms with van der Waals surface area (Å²) in [6, 6.07) is 7.43. The van der Waals surface area contributed by atoms with E-state index < -0.39 is 24.5 Å². The lowest BCUT2D eigenvalue weighted by Gasteiger charge is -2.24. The molecule has 1 atom stereocenters. The van der Waals surface area contributed by atoms with E-state index in [-0.39, 0.29) is 5.13 Å². The normalized spacial score (nSPS) is 17.1.